The zero-order valence-electron chi connectivity index (χ0n) is 12.7. The minimum atomic E-state index is 0.0141. The third-order valence-corrected chi connectivity index (χ3v) is 3.53. The normalized spacial score (nSPS) is 13.8. The van der Waals surface area contributed by atoms with Crippen LogP contribution in [0.2, 0.25) is 0 Å². The second kappa shape index (κ2) is 7.22. The summed E-state index contributed by atoms with van der Waals surface area (Å²) in [7, 11) is 1.76. The number of anilines is 1. The highest BCUT2D eigenvalue weighted by Gasteiger charge is 2.20. The lowest BCUT2D eigenvalue weighted by Crippen LogP contribution is -2.24. The van der Waals surface area contributed by atoms with Crippen molar-refractivity contribution in [1.29, 1.82) is 0 Å². The molecule has 0 saturated heterocycles. The molecule has 1 aliphatic rings. The van der Waals surface area contributed by atoms with E-state index in [0.717, 1.165) is 17.8 Å². The summed E-state index contributed by atoms with van der Waals surface area (Å²) >= 11 is 0. The molecule has 1 saturated carbocycles. The second-order valence-corrected chi connectivity index (χ2v) is 5.60. The maximum absolute atomic E-state index is 11.8. The number of nitrogens with zero attached hydrogens (tertiary/aromatic N) is 1. The van der Waals surface area contributed by atoms with Crippen LogP contribution in [0, 0.1) is 0 Å². The Bertz CT molecular complexity index is 512. The molecule has 1 fully saturated rings. The third kappa shape index (κ3) is 5.55. The lowest BCUT2D eigenvalue weighted by atomic mass is 10.2. The van der Waals surface area contributed by atoms with Gasteiger partial charge in [-0.3, -0.25) is 9.59 Å². The molecule has 0 radical (unpaired) electrons. The minimum absolute atomic E-state index is 0.0141. The van der Waals surface area contributed by atoms with E-state index >= 15 is 0 Å². The molecule has 0 spiro atoms. The summed E-state index contributed by atoms with van der Waals surface area (Å²) in [6.07, 6.45) is 2.94. The summed E-state index contributed by atoms with van der Waals surface area (Å²) in [6, 6.07) is 8.24. The smallest absolute Gasteiger partial charge is 0.225 e. The van der Waals surface area contributed by atoms with Crippen LogP contribution in [-0.2, 0) is 16.1 Å². The fourth-order valence-electron chi connectivity index (χ4n) is 2.03. The first-order valence-electron chi connectivity index (χ1n) is 7.38. The van der Waals surface area contributed by atoms with Gasteiger partial charge in [0.2, 0.25) is 11.8 Å². The Morgan fingerprint density at radius 2 is 2.10 bits per heavy atom. The monoisotopic (exact) mass is 289 g/mol. The van der Waals surface area contributed by atoms with E-state index in [9.17, 15) is 9.59 Å². The number of carbonyl (C=O) groups excluding carboxylic acids is 2. The Hall–Kier alpha value is -1.88. The third-order valence-electron chi connectivity index (χ3n) is 3.53. The molecule has 0 unspecified atom stereocenters. The zero-order valence-corrected chi connectivity index (χ0v) is 12.7. The Labute approximate surface area is 125 Å². The van der Waals surface area contributed by atoms with Crippen molar-refractivity contribution in [2.45, 2.75) is 38.8 Å². The molecule has 1 aromatic carbocycles. The van der Waals surface area contributed by atoms with Crippen molar-refractivity contribution in [3.05, 3.63) is 29.8 Å². The summed E-state index contributed by atoms with van der Waals surface area (Å²) in [5, 5.41) is 6.21. The van der Waals surface area contributed by atoms with Crippen LogP contribution in [-0.4, -0.2) is 36.3 Å². The average molecular weight is 289 g/mol. The molecule has 1 aromatic rings. The van der Waals surface area contributed by atoms with Crippen molar-refractivity contribution in [2.24, 2.45) is 0 Å². The molecule has 114 valence electrons. The van der Waals surface area contributed by atoms with Gasteiger partial charge in [-0.05, 0) is 30.5 Å². The first kappa shape index (κ1) is 15.5. The van der Waals surface area contributed by atoms with Crippen molar-refractivity contribution in [1.82, 2.24) is 10.2 Å². The fourth-order valence-corrected chi connectivity index (χ4v) is 2.03. The van der Waals surface area contributed by atoms with E-state index in [1.165, 1.54) is 12.8 Å². The predicted molar refractivity (Wildman–Crippen MR) is 82.9 cm³/mol. The number of nitrogens with one attached hydrogen (secondary N) is 2. The number of hydrogen-bond acceptors (Lipinski definition) is 3. The molecule has 5 nitrogen and oxygen atoms in total. The largest absolute Gasteiger partial charge is 0.342 e. The molecule has 0 bridgehead atoms. The van der Waals surface area contributed by atoms with Crippen molar-refractivity contribution in [2.75, 3.05) is 18.9 Å². The molecule has 21 heavy (non-hydrogen) atoms. The van der Waals surface area contributed by atoms with Crippen molar-refractivity contribution in [3.8, 4) is 0 Å². The van der Waals surface area contributed by atoms with E-state index in [-0.39, 0.29) is 11.8 Å². The topological polar surface area (TPSA) is 61.4 Å². The van der Waals surface area contributed by atoms with Crippen molar-refractivity contribution in [3.63, 3.8) is 0 Å². The van der Waals surface area contributed by atoms with Crippen LogP contribution < -0.4 is 10.6 Å². The number of amides is 2. The lowest BCUT2D eigenvalue weighted by molar-refractivity contribution is -0.128. The quantitative estimate of drug-likeness (QED) is 0.804. The van der Waals surface area contributed by atoms with E-state index in [4.69, 9.17) is 0 Å². The first-order chi connectivity index (χ1) is 10.0. The molecule has 0 atom stereocenters. The predicted octanol–water partition coefficient (Wildman–Crippen LogP) is 1.75. The SMILES string of the molecule is CC(=O)N(C)Cc1cccc(NC(=O)CCNC2CC2)c1. The van der Waals surface area contributed by atoms with Crippen LogP contribution in [0.15, 0.2) is 24.3 Å². The summed E-state index contributed by atoms with van der Waals surface area (Å²) in [5.74, 6) is 0.0378. The molecular weight excluding hydrogens is 266 g/mol. The molecule has 0 heterocycles. The molecule has 0 aromatic heterocycles. The van der Waals surface area contributed by atoms with Gasteiger partial charge in [0, 0.05) is 45.2 Å². The van der Waals surface area contributed by atoms with Crippen LogP contribution in [0.4, 0.5) is 5.69 Å². The van der Waals surface area contributed by atoms with Gasteiger partial charge in [-0.15, -0.1) is 0 Å². The molecule has 2 N–H and O–H groups in total. The number of hydrogen-bond donors (Lipinski definition) is 2. The van der Waals surface area contributed by atoms with Gasteiger partial charge in [-0.2, -0.15) is 0 Å². The molecule has 1 aliphatic carbocycles. The summed E-state index contributed by atoms with van der Waals surface area (Å²) in [6.45, 7) is 2.81. The Kier molecular flexibility index (Phi) is 5.33. The van der Waals surface area contributed by atoms with Crippen LogP contribution in [0.5, 0.6) is 0 Å². The summed E-state index contributed by atoms with van der Waals surface area (Å²) < 4.78 is 0. The van der Waals surface area contributed by atoms with Gasteiger partial charge < -0.3 is 15.5 Å². The van der Waals surface area contributed by atoms with E-state index in [2.05, 4.69) is 10.6 Å². The van der Waals surface area contributed by atoms with Gasteiger partial charge in [0.15, 0.2) is 0 Å². The van der Waals surface area contributed by atoms with E-state index in [1.807, 2.05) is 24.3 Å². The molecule has 5 heteroatoms. The van der Waals surface area contributed by atoms with E-state index in [0.29, 0.717) is 19.0 Å². The average Bonchev–Trinajstić information content (AvgIpc) is 3.23. The number of rotatable bonds is 7. The molecule has 0 aliphatic heterocycles. The number of carbonyl (C=O) groups is 2. The Balaban J connectivity index is 1.81. The Morgan fingerprint density at radius 3 is 2.76 bits per heavy atom. The van der Waals surface area contributed by atoms with Gasteiger partial charge in [0.1, 0.15) is 0 Å². The summed E-state index contributed by atoms with van der Waals surface area (Å²) in [4.78, 5) is 24.7. The van der Waals surface area contributed by atoms with E-state index < -0.39 is 0 Å². The highest BCUT2D eigenvalue weighted by Crippen LogP contribution is 2.18. The van der Waals surface area contributed by atoms with Gasteiger partial charge >= 0.3 is 0 Å². The van der Waals surface area contributed by atoms with Crippen molar-refractivity contribution >= 4 is 17.5 Å². The first-order valence-corrected chi connectivity index (χ1v) is 7.38. The number of benzene rings is 1. The van der Waals surface area contributed by atoms with Gasteiger partial charge in [-0.1, -0.05) is 12.1 Å². The summed E-state index contributed by atoms with van der Waals surface area (Å²) in [5.41, 5.74) is 1.78. The molecule has 2 amide bonds. The van der Waals surface area contributed by atoms with Gasteiger partial charge in [0.05, 0.1) is 0 Å². The lowest BCUT2D eigenvalue weighted by Gasteiger charge is -2.15. The second-order valence-electron chi connectivity index (χ2n) is 5.60. The van der Waals surface area contributed by atoms with Gasteiger partial charge in [0.25, 0.3) is 0 Å². The molecular formula is C16H23N3O2. The fraction of sp³-hybridized carbons (Fsp3) is 0.500. The van der Waals surface area contributed by atoms with Crippen molar-refractivity contribution < 1.29 is 9.59 Å². The maximum atomic E-state index is 11.8. The van der Waals surface area contributed by atoms with Crippen LogP contribution in [0.3, 0.4) is 0 Å². The van der Waals surface area contributed by atoms with Crippen LogP contribution in [0.25, 0.3) is 0 Å². The molecule has 2 rings (SSSR count). The maximum Gasteiger partial charge on any atom is 0.225 e. The van der Waals surface area contributed by atoms with Crippen LogP contribution >= 0.6 is 0 Å². The Morgan fingerprint density at radius 1 is 1.33 bits per heavy atom. The zero-order chi connectivity index (χ0) is 15.2. The van der Waals surface area contributed by atoms with E-state index in [1.54, 1.807) is 18.9 Å². The standard InChI is InChI=1S/C16H23N3O2/c1-12(20)19(2)11-13-4-3-5-15(10-13)18-16(21)8-9-17-14-6-7-14/h3-5,10,14,17H,6-9,11H2,1-2H3,(H,18,21). The van der Waals surface area contributed by atoms with Crippen LogP contribution in [0.1, 0.15) is 31.7 Å². The highest BCUT2D eigenvalue weighted by atomic mass is 16.2. The minimum Gasteiger partial charge on any atom is -0.342 e. The van der Waals surface area contributed by atoms with Gasteiger partial charge in [-0.25, -0.2) is 0 Å². The highest BCUT2D eigenvalue weighted by molar-refractivity contribution is 5.90.